The predicted octanol–water partition coefficient (Wildman–Crippen LogP) is 2.01. The highest BCUT2D eigenvalue weighted by Crippen LogP contribution is 2.28. The van der Waals surface area contributed by atoms with E-state index in [-0.39, 0.29) is 4.90 Å². The van der Waals surface area contributed by atoms with Crippen molar-refractivity contribution < 1.29 is 13.2 Å². The molecule has 9 nitrogen and oxygen atoms in total. The molecule has 29 heavy (non-hydrogen) atoms. The lowest BCUT2D eigenvalue weighted by atomic mass is 10.00. The molecule has 0 fully saturated rings. The van der Waals surface area contributed by atoms with Crippen LogP contribution in [0.2, 0.25) is 0 Å². The smallest absolute Gasteiger partial charge is 0.273 e. The molecule has 0 radical (unpaired) electrons. The second-order valence-corrected chi connectivity index (χ2v) is 9.60. The average molecular weight is 433 g/mol. The van der Waals surface area contributed by atoms with Crippen molar-refractivity contribution in [2.24, 2.45) is 0 Å². The average Bonchev–Trinajstić information content (AvgIpc) is 3.37. The Morgan fingerprint density at radius 1 is 1.10 bits per heavy atom. The highest BCUT2D eigenvalue weighted by molar-refractivity contribution is 7.89. The summed E-state index contributed by atoms with van der Waals surface area (Å²) >= 11 is 1.44. The summed E-state index contributed by atoms with van der Waals surface area (Å²) in [6.07, 6.45) is 7.97. The Hall–Kier alpha value is -2.63. The lowest BCUT2D eigenvalue weighted by Crippen LogP contribution is -2.41. The van der Waals surface area contributed by atoms with Gasteiger partial charge in [0.05, 0.1) is 15.5 Å². The van der Waals surface area contributed by atoms with Gasteiger partial charge in [-0.05, 0) is 65.9 Å². The number of carbonyl (C=O) groups is 1. The van der Waals surface area contributed by atoms with Crippen LogP contribution < -0.4 is 10.3 Å². The molecule has 2 aromatic heterocycles. The van der Waals surface area contributed by atoms with E-state index < -0.39 is 15.9 Å². The quantitative estimate of drug-likeness (QED) is 0.595. The van der Waals surface area contributed by atoms with Crippen molar-refractivity contribution in [3.05, 3.63) is 52.0 Å². The van der Waals surface area contributed by atoms with Crippen LogP contribution in [0.1, 0.15) is 45.8 Å². The van der Waals surface area contributed by atoms with Crippen molar-refractivity contribution in [2.45, 2.75) is 43.4 Å². The van der Waals surface area contributed by atoms with Crippen LogP contribution in [-0.4, -0.2) is 34.5 Å². The fraction of sp³-hybridized carbons (Fsp3) is 0.333. The Labute approximate surface area is 172 Å². The van der Waals surface area contributed by atoms with Crippen molar-refractivity contribution in [2.75, 3.05) is 0 Å². The number of sulfonamides is 1. The van der Waals surface area contributed by atoms with Crippen LogP contribution in [0.4, 0.5) is 0 Å². The van der Waals surface area contributed by atoms with Crippen LogP contribution in [0.25, 0.3) is 5.69 Å². The maximum atomic E-state index is 12.6. The van der Waals surface area contributed by atoms with Gasteiger partial charge in [-0.1, -0.05) is 18.9 Å². The third kappa shape index (κ3) is 4.52. The first-order valence-electron chi connectivity index (χ1n) is 9.30. The van der Waals surface area contributed by atoms with E-state index in [1.165, 1.54) is 57.8 Å². The summed E-state index contributed by atoms with van der Waals surface area (Å²) in [4.78, 5) is 16.4. The van der Waals surface area contributed by atoms with E-state index in [9.17, 15) is 13.2 Å². The Kier molecular flexibility index (Phi) is 5.69. The topological polar surface area (TPSA) is 119 Å². The molecule has 3 aromatic rings. The number of aromatic nitrogens is 4. The Balaban J connectivity index is 1.46. The van der Waals surface area contributed by atoms with Crippen LogP contribution in [0.5, 0.6) is 0 Å². The van der Waals surface area contributed by atoms with Gasteiger partial charge in [0.25, 0.3) is 15.9 Å². The van der Waals surface area contributed by atoms with E-state index in [1.807, 2.05) is 6.07 Å². The summed E-state index contributed by atoms with van der Waals surface area (Å²) in [6.45, 7) is 0. The first-order chi connectivity index (χ1) is 14.0. The van der Waals surface area contributed by atoms with Crippen molar-refractivity contribution in [1.29, 1.82) is 0 Å². The van der Waals surface area contributed by atoms with Gasteiger partial charge in [-0.3, -0.25) is 10.2 Å². The summed E-state index contributed by atoms with van der Waals surface area (Å²) in [7, 11) is -3.95. The number of tetrazole rings is 1. The van der Waals surface area contributed by atoms with Gasteiger partial charge in [0, 0.05) is 4.88 Å². The normalized spacial score (nSPS) is 14.6. The van der Waals surface area contributed by atoms with Crippen molar-refractivity contribution >= 4 is 27.3 Å². The Morgan fingerprint density at radius 2 is 1.93 bits per heavy atom. The molecule has 1 amide bonds. The molecule has 11 heteroatoms. The lowest BCUT2D eigenvalue weighted by molar-refractivity contribution is 0.0949. The van der Waals surface area contributed by atoms with Gasteiger partial charge in [-0.25, -0.2) is 13.1 Å². The summed E-state index contributed by atoms with van der Waals surface area (Å²) in [6, 6.07) is 7.98. The zero-order valence-corrected chi connectivity index (χ0v) is 17.2. The van der Waals surface area contributed by atoms with Crippen molar-refractivity contribution in [3.8, 4) is 5.69 Å². The molecule has 1 aromatic carbocycles. The van der Waals surface area contributed by atoms with Crippen LogP contribution in [-0.2, 0) is 22.9 Å². The molecule has 4 rings (SSSR count). The third-order valence-electron chi connectivity index (χ3n) is 4.76. The number of thiophene rings is 1. The van der Waals surface area contributed by atoms with Crippen molar-refractivity contribution in [1.82, 2.24) is 30.5 Å². The molecule has 2 heterocycles. The second-order valence-electron chi connectivity index (χ2n) is 6.78. The largest absolute Gasteiger partial charge is 0.276 e. The fourth-order valence-corrected chi connectivity index (χ4v) is 5.29. The maximum Gasteiger partial charge on any atom is 0.276 e. The summed E-state index contributed by atoms with van der Waals surface area (Å²) in [5.74, 6) is -0.457. The molecule has 2 N–H and O–H groups in total. The fourth-order valence-electron chi connectivity index (χ4n) is 3.26. The van der Waals surface area contributed by atoms with Gasteiger partial charge in [0.1, 0.15) is 6.33 Å². The molecule has 0 spiro atoms. The van der Waals surface area contributed by atoms with E-state index in [4.69, 9.17) is 0 Å². The monoisotopic (exact) mass is 432 g/mol. The number of carbonyl (C=O) groups excluding carboxylic acids is 1. The van der Waals surface area contributed by atoms with Gasteiger partial charge < -0.3 is 0 Å². The molecular weight excluding hydrogens is 412 g/mol. The number of aryl methyl sites for hydroxylation is 2. The van der Waals surface area contributed by atoms with E-state index in [0.29, 0.717) is 10.6 Å². The SMILES string of the molecule is O=C(NNS(=O)(=O)c1cccc(-n2cnnn2)c1)c1cc2c(s1)CCCCCC2. The molecule has 152 valence electrons. The number of hydrogen-bond donors (Lipinski definition) is 2. The summed E-state index contributed by atoms with van der Waals surface area (Å²) in [5.41, 5.74) is 4.01. The number of hydrazine groups is 1. The lowest BCUT2D eigenvalue weighted by Gasteiger charge is -2.09. The standard InChI is InChI=1S/C18H20N6O3S2/c25-18(17-10-13-6-3-1-2-4-9-16(13)28-17)20-23-29(26,27)15-8-5-7-14(11-15)24-12-19-21-22-24/h5,7-8,10-12,23H,1-4,6,9H2,(H,20,25). The highest BCUT2D eigenvalue weighted by atomic mass is 32.2. The molecular formula is C18H20N6O3S2. The maximum absolute atomic E-state index is 12.6. The molecule has 0 unspecified atom stereocenters. The Morgan fingerprint density at radius 3 is 2.72 bits per heavy atom. The van der Waals surface area contributed by atoms with E-state index in [1.54, 1.807) is 12.1 Å². The number of amides is 1. The van der Waals surface area contributed by atoms with E-state index in [2.05, 4.69) is 25.8 Å². The molecule has 0 bridgehead atoms. The summed E-state index contributed by atoms with van der Waals surface area (Å²) in [5, 5.41) is 10.8. The molecule has 0 saturated carbocycles. The van der Waals surface area contributed by atoms with Crippen LogP contribution in [0.3, 0.4) is 0 Å². The zero-order valence-electron chi connectivity index (χ0n) is 15.5. The number of benzene rings is 1. The number of nitrogens with zero attached hydrogens (tertiary/aromatic N) is 4. The van der Waals surface area contributed by atoms with Gasteiger partial charge >= 0.3 is 0 Å². The van der Waals surface area contributed by atoms with Gasteiger partial charge in [0.2, 0.25) is 0 Å². The predicted molar refractivity (Wildman–Crippen MR) is 107 cm³/mol. The summed E-state index contributed by atoms with van der Waals surface area (Å²) < 4.78 is 26.5. The molecule has 0 atom stereocenters. The minimum Gasteiger partial charge on any atom is -0.273 e. The second kappa shape index (κ2) is 8.39. The Bertz CT molecular complexity index is 1080. The number of nitrogens with one attached hydrogen (secondary N) is 2. The zero-order chi connectivity index (χ0) is 20.3. The number of fused-ring (bicyclic) bond motifs is 1. The van der Waals surface area contributed by atoms with Crippen LogP contribution in [0.15, 0.2) is 41.6 Å². The molecule has 0 aliphatic heterocycles. The van der Waals surface area contributed by atoms with Crippen LogP contribution in [0, 0.1) is 0 Å². The third-order valence-corrected chi connectivity index (χ3v) is 7.24. The van der Waals surface area contributed by atoms with Gasteiger partial charge in [0.15, 0.2) is 0 Å². The molecule has 1 aliphatic carbocycles. The molecule has 0 saturated heterocycles. The van der Waals surface area contributed by atoms with Crippen LogP contribution >= 0.6 is 11.3 Å². The minimum absolute atomic E-state index is 0.00995. The minimum atomic E-state index is -3.95. The number of rotatable bonds is 5. The van der Waals surface area contributed by atoms with E-state index >= 15 is 0 Å². The van der Waals surface area contributed by atoms with Gasteiger partial charge in [-0.2, -0.15) is 0 Å². The highest BCUT2D eigenvalue weighted by Gasteiger charge is 2.19. The van der Waals surface area contributed by atoms with E-state index in [0.717, 1.165) is 25.7 Å². The van der Waals surface area contributed by atoms with Gasteiger partial charge in [-0.15, -0.1) is 21.3 Å². The molecule has 1 aliphatic rings. The van der Waals surface area contributed by atoms with Crippen molar-refractivity contribution in [3.63, 3.8) is 0 Å². The first kappa shape index (κ1) is 19.7. The number of hydrogen-bond acceptors (Lipinski definition) is 7. The first-order valence-corrected chi connectivity index (χ1v) is 11.6.